The fraction of sp³-hybridized carbons (Fsp3) is 0.312. The number of nitrogens with zero attached hydrogens (tertiary/aromatic N) is 1. The third kappa shape index (κ3) is 5.45. The van der Waals surface area contributed by atoms with Gasteiger partial charge in [-0.3, -0.25) is 9.59 Å². The quantitative estimate of drug-likeness (QED) is 0.473. The molecule has 1 aromatic carbocycles. The van der Waals surface area contributed by atoms with Gasteiger partial charge in [0, 0.05) is 11.8 Å². The second-order valence-electron chi connectivity index (χ2n) is 4.74. The van der Waals surface area contributed by atoms with Crippen LogP contribution in [0.15, 0.2) is 40.3 Å². The summed E-state index contributed by atoms with van der Waals surface area (Å²) in [5.41, 5.74) is 1.31. The van der Waals surface area contributed by atoms with Crippen molar-refractivity contribution in [3.05, 3.63) is 51.9 Å². The molecular weight excluding hydrogens is 316 g/mol. The number of benzene rings is 1. The van der Waals surface area contributed by atoms with Gasteiger partial charge in [0.15, 0.2) is 5.16 Å². The molecule has 0 aliphatic heterocycles. The van der Waals surface area contributed by atoms with Crippen LogP contribution < -0.4 is 10.3 Å². The predicted molar refractivity (Wildman–Crippen MR) is 88.0 cm³/mol. The lowest BCUT2D eigenvalue weighted by Gasteiger charge is -2.05. The number of ether oxygens (including phenoxy) is 2. The molecule has 1 N–H and O–H groups in total. The minimum Gasteiger partial charge on any atom is -0.497 e. The molecule has 0 amide bonds. The van der Waals surface area contributed by atoms with Crippen molar-refractivity contribution >= 4 is 17.7 Å². The summed E-state index contributed by atoms with van der Waals surface area (Å²) < 4.78 is 9.70. The fourth-order valence-electron chi connectivity index (χ4n) is 1.92. The summed E-state index contributed by atoms with van der Waals surface area (Å²) in [5, 5.41) is 0.505. The first kappa shape index (κ1) is 17.1. The van der Waals surface area contributed by atoms with Crippen molar-refractivity contribution in [2.45, 2.75) is 18.0 Å². The van der Waals surface area contributed by atoms with E-state index in [0.717, 1.165) is 17.9 Å². The molecule has 6 nitrogen and oxygen atoms in total. The van der Waals surface area contributed by atoms with E-state index in [1.807, 2.05) is 24.3 Å². The molecule has 2 aromatic rings. The predicted octanol–water partition coefficient (Wildman–Crippen LogP) is 1.83. The van der Waals surface area contributed by atoms with E-state index in [1.165, 1.54) is 30.5 Å². The third-order valence-corrected chi connectivity index (χ3v) is 3.99. The van der Waals surface area contributed by atoms with Crippen LogP contribution in [0.3, 0.4) is 0 Å². The van der Waals surface area contributed by atoms with Gasteiger partial charge in [-0.2, -0.15) is 0 Å². The Morgan fingerprint density at radius 1 is 1.26 bits per heavy atom. The molecule has 0 aliphatic rings. The Hall–Kier alpha value is -2.28. The van der Waals surface area contributed by atoms with Crippen LogP contribution in [0.1, 0.15) is 11.3 Å². The van der Waals surface area contributed by atoms with Gasteiger partial charge in [0.2, 0.25) is 0 Å². The Labute approximate surface area is 138 Å². The number of hydrogen-bond donors (Lipinski definition) is 1. The molecule has 0 saturated carbocycles. The molecule has 122 valence electrons. The SMILES string of the molecule is COC(=O)Cc1cc(=O)[nH]c(SCCc2ccc(OC)cc2)n1. The topological polar surface area (TPSA) is 81.3 Å². The van der Waals surface area contributed by atoms with Gasteiger partial charge in [-0.15, -0.1) is 0 Å². The van der Waals surface area contributed by atoms with E-state index in [1.54, 1.807) is 7.11 Å². The van der Waals surface area contributed by atoms with Crippen molar-refractivity contribution in [3.63, 3.8) is 0 Å². The maximum absolute atomic E-state index is 11.6. The highest BCUT2D eigenvalue weighted by Crippen LogP contribution is 2.16. The van der Waals surface area contributed by atoms with Crippen LogP contribution in [0.5, 0.6) is 5.75 Å². The number of H-pyrrole nitrogens is 1. The molecule has 0 unspecified atom stereocenters. The fourth-order valence-corrected chi connectivity index (χ4v) is 2.81. The Balaban J connectivity index is 1.94. The van der Waals surface area contributed by atoms with E-state index >= 15 is 0 Å². The van der Waals surface area contributed by atoms with Crippen molar-refractivity contribution in [3.8, 4) is 5.75 Å². The Morgan fingerprint density at radius 3 is 2.65 bits per heavy atom. The first-order chi connectivity index (χ1) is 11.1. The standard InChI is InChI=1S/C16H18N2O4S/c1-21-13-5-3-11(4-6-13)7-8-23-16-17-12(9-14(19)18-16)10-15(20)22-2/h3-6,9H,7-8,10H2,1-2H3,(H,17,18,19). The number of aryl methyl sites for hydroxylation is 1. The molecule has 1 aromatic heterocycles. The van der Waals surface area contributed by atoms with Gasteiger partial charge in [-0.1, -0.05) is 23.9 Å². The summed E-state index contributed by atoms with van der Waals surface area (Å²) in [7, 11) is 2.94. The van der Waals surface area contributed by atoms with Gasteiger partial charge in [-0.05, 0) is 24.1 Å². The molecule has 0 bridgehead atoms. The number of carbonyl (C=O) groups is 1. The Morgan fingerprint density at radius 2 is 2.00 bits per heavy atom. The summed E-state index contributed by atoms with van der Waals surface area (Å²) >= 11 is 1.44. The number of hydrogen-bond acceptors (Lipinski definition) is 6. The smallest absolute Gasteiger partial charge is 0.311 e. The molecule has 0 spiro atoms. The van der Waals surface area contributed by atoms with Gasteiger partial charge in [0.1, 0.15) is 5.75 Å². The van der Waals surface area contributed by atoms with Crippen LogP contribution in [0, 0.1) is 0 Å². The first-order valence-corrected chi connectivity index (χ1v) is 8.02. The molecule has 0 saturated heterocycles. The maximum Gasteiger partial charge on any atom is 0.311 e. The van der Waals surface area contributed by atoms with Crippen molar-refractivity contribution in [2.24, 2.45) is 0 Å². The molecule has 1 heterocycles. The van der Waals surface area contributed by atoms with Crippen molar-refractivity contribution < 1.29 is 14.3 Å². The van der Waals surface area contributed by atoms with E-state index in [4.69, 9.17) is 4.74 Å². The number of carbonyl (C=O) groups excluding carboxylic acids is 1. The molecule has 0 radical (unpaired) electrons. The van der Waals surface area contributed by atoms with E-state index in [-0.39, 0.29) is 12.0 Å². The minimum absolute atomic E-state index is 0.00748. The van der Waals surface area contributed by atoms with E-state index in [0.29, 0.717) is 10.9 Å². The molecule has 0 atom stereocenters. The summed E-state index contributed by atoms with van der Waals surface area (Å²) in [4.78, 5) is 29.8. The number of aromatic nitrogens is 2. The Bertz CT molecular complexity index is 713. The largest absolute Gasteiger partial charge is 0.497 e. The van der Waals surface area contributed by atoms with Gasteiger partial charge < -0.3 is 14.5 Å². The highest BCUT2D eigenvalue weighted by atomic mass is 32.2. The lowest BCUT2D eigenvalue weighted by Crippen LogP contribution is -2.14. The van der Waals surface area contributed by atoms with Crippen LogP contribution in [0.25, 0.3) is 0 Å². The maximum atomic E-state index is 11.6. The average molecular weight is 334 g/mol. The van der Waals surface area contributed by atoms with Crippen LogP contribution in [0.4, 0.5) is 0 Å². The summed E-state index contributed by atoms with van der Waals surface area (Å²) in [6, 6.07) is 9.14. The summed E-state index contributed by atoms with van der Waals surface area (Å²) in [5.74, 6) is 1.16. The summed E-state index contributed by atoms with van der Waals surface area (Å²) in [6.07, 6.45) is 0.825. The minimum atomic E-state index is -0.419. The zero-order chi connectivity index (χ0) is 16.7. The zero-order valence-corrected chi connectivity index (χ0v) is 13.8. The lowest BCUT2D eigenvalue weighted by atomic mass is 10.2. The van der Waals surface area contributed by atoms with Crippen molar-refractivity contribution in [1.82, 2.24) is 9.97 Å². The van der Waals surface area contributed by atoms with Crippen LogP contribution in [-0.4, -0.2) is 35.9 Å². The highest BCUT2D eigenvalue weighted by Gasteiger charge is 2.07. The highest BCUT2D eigenvalue weighted by molar-refractivity contribution is 7.99. The van der Waals surface area contributed by atoms with Gasteiger partial charge in [-0.25, -0.2) is 4.98 Å². The van der Waals surface area contributed by atoms with Gasteiger partial charge in [0.05, 0.1) is 26.3 Å². The molecule has 23 heavy (non-hydrogen) atoms. The lowest BCUT2D eigenvalue weighted by molar-refractivity contribution is -0.139. The third-order valence-electron chi connectivity index (χ3n) is 3.11. The van der Waals surface area contributed by atoms with E-state index in [9.17, 15) is 9.59 Å². The summed E-state index contributed by atoms with van der Waals surface area (Å²) in [6.45, 7) is 0. The van der Waals surface area contributed by atoms with E-state index in [2.05, 4.69) is 14.7 Å². The molecule has 0 fully saturated rings. The molecular formula is C16H18N2O4S. The van der Waals surface area contributed by atoms with Gasteiger partial charge >= 0.3 is 5.97 Å². The molecule has 7 heteroatoms. The van der Waals surface area contributed by atoms with E-state index < -0.39 is 5.97 Å². The number of nitrogens with one attached hydrogen (secondary N) is 1. The van der Waals surface area contributed by atoms with Crippen LogP contribution in [0.2, 0.25) is 0 Å². The Kier molecular flexibility index (Phi) is 6.22. The zero-order valence-electron chi connectivity index (χ0n) is 13.0. The second-order valence-corrected chi connectivity index (χ2v) is 5.82. The monoisotopic (exact) mass is 334 g/mol. The van der Waals surface area contributed by atoms with Crippen molar-refractivity contribution in [1.29, 1.82) is 0 Å². The molecule has 2 rings (SSSR count). The average Bonchev–Trinajstić information content (AvgIpc) is 2.55. The molecule has 0 aliphatic carbocycles. The van der Waals surface area contributed by atoms with Crippen molar-refractivity contribution in [2.75, 3.05) is 20.0 Å². The number of esters is 1. The normalized spacial score (nSPS) is 10.3. The van der Waals surface area contributed by atoms with Gasteiger partial charge in [0.25, 0.3) is 5.56 Å². The second kappa shape index (κ2) is 8.38. The van der Waals surface area contributed by atoms with Crippen LogP contribution >= 0.6 is 11.8 Å². The number of thioether (sulfide) groups is 1. The van der Waals surface area contributed by atoms with Crippen LogP contribution in [-0.2, 0) is 22.4 Å². The number of rotatable bonds is 7. The number of methoxy groups -OCH3 is 2. The first-order valence-electron chi connectivity index (χ1n) is 7.03. The number of aromatic amines is 1.